The molecule has 0 bridgehead atoms. The predicted octanol–water partition coefficient (Wildman–Crippen LogP) is 4.73. The van der Waals surface area contributed by atoms with Gasteiger partial charge in [0.25, 0.3) is 0 Å². The van der Waals surface area contributed by atoms with E-state index in [1.54, 1.807) is 0 Å². The van der Waals surface area contributed by atoms with Gasteiger partial charge in [-0.3, -0.25) is 0 Å². The van der Waals surface area contributed by atoms with Crippen LogP contribution in [-0.4, -0.2) is 4.99 Å². The van der Waals surface area contributed by atoms with Crippen LogP contribution in [0.3, 0.4) is 0 Å². The molecule has 3 rings (SSSR count). The van der Waals surface area contributed by atoms with Crippen molar-refractivity contribution in [2.24, 2.45) is 0 Å². The first-order chi connectivity index (χ1) is 11.7. The van der Waals surface area contributed by atoms with Crippen LogP contribution in [0.2, 0.25) is 0 Å². The quantitative estimate of drug-likeness (QED) is 0.593. The summed E-state index contributed by atoms with van der Waals surface area (Å²) in [6.07, 6.45) is 0. The van der Waals surface area contributed by atoms with Crippen LogP contribution in [0.1, 0.15) is 11.1 Å². The van der Waals surface area contributed by atoms with E-state index in [-0.39, 0.29) is 0 Å². The summed E-state index contributed by atoms with van der Waals surface area (Å²) in [4.78, 5) is 0.438. The minimum absolute atomic E-state index is 0.438. The minimum atomic E-state index is 0.438. The lowest BCUT2D eigenvalue weighted by molar-refractivity contribution is 1.49. The maximum absolute atomic E-state index is 9.58. The maximum Gasteiger partial charge on any atom is 0.115 e. The molecule has 6 heteroatoms. The first-order valence-electron chi connectivity index (χ1n) is 7.20. The Morgan fingerprint density at radius 1 is 1.00 bits per heavy atom. The molecule has 0 radical (unpaired) electrons. The number of benzene rings is 2. The van der Waals surface area contributed by atoms with Gasteiger partial charge >= 0.3 is 0 Å². The van der Waals surface area contributed by atoms with Crippen molar-refractivity contribution in [3.8, 4) is 6.07 Å². The summed E-state index contributed by atoms with van der Waals surface area (Å²) in [6, 6.07) is 21.4. The molecule has 0 fully saturated rings. The largest absolute Gasteiger partial charge is 0.390 e. The second kappa shape index (κ2) is 7.13. The van der Waals surface area contributed by atoms with Gasteiger partial charge in [0.05, 0.1) is 16.1 Å². The summed E-state index contributed by atoms with van der Waals surface area (Å²) in [5.74, 6) is 0. The van der Waals surface area contributed by atoms with E-state index in [0.29, 0.717) is 26.1 Å². The molecule has 0 unspecified atom stereocenters. The molecule has 4 N–H and O–H groups in total. The van der Waals surface area contributed by atoms with Crippen molar-refractivity contribution in [3.05, 3.63) is 71.8 Å². The van der Waals surface area contributed by atoms with Crippen LogP contribution in [0.15, 0.2) is 60.7 Å². The van der Waals surface area contributed by atoms with Crippen LogP contribution < -0.4 is 16.4 Å². The van der Waals surface area contributed by atoms with Crippen molar-refractivity contribution in [2.75, 3.05) is 16.4 Å². The zero-order chi connectivity index (χ0) is 16.9. The Hall–Kier alpha value is -2.88. The molecule has 0 aliphatic carbocycles. The van der Waals surface area contributed by atoms with E-state index in [1.165, 1.54) is 11.3 Å². The minimum Gasteiger partial charge on any atom is -0.390 e. The van der Waals surface area contributed by atoms with Gasteiger partial charge in [-0.15, -0.1) is 0 Å². The summed E-state index contributed by atoms with van der Waals surface area (Å²) in [6.45, 7) is 0. The Labute approximate surface area is 149 Å². The number of hydrogen-bond donors (Lipinski definition) is 3. The first kappa shape index (κ1) is 16.0. The van der Waals surface area contributed by atoms with Crippen LogP contribution in [0, 0.1) is 11.3 Å². The number of nitrogens with two attached hydrogens (primary N) is 1. The van der Waals surface area contributed by atoms with Gasteiger partial charge in [-0.05, 0) is 24.3 Å². The molecular formula is C18H14N4S2. The molecule has 0 saturated heterocycles. The van der Waals surface area contributed by atoms with Gasteiger partial charge in [0, 0.05) is 11.4 Å². The number of para-hydroxylation sites is 2. The Bertz CT molecular complexity index is 896. The zero-order valence-corrected chi connectivity index (χ0v) is 14.2. The van der Waals surface area contributed by atoms with Gasteiger partial charge in [-0.25, -0.2) is 0 Å². The van der Waals surface area contributed by atoms with Crippen LogP contribution in [0.4, 0.5) is 21.4 Å². The molecular weight excluding hydrogens is 336 g/mol. The number of rotatable bonds is 4. The van der Waals surface area contributed by atoms with E-state index in [4.69, 9.17) is 18.0 Å². The van der Waals surface area contributed by atoms with Gasteiger partial charge in [0.1, 0.15) is 16.1 Å². The fourth-order valence-corrected chi connectivity index (χ4v) is 3.58. The van der Waals surface area contributed by atoms with Gasteiger partial charge in [0.15, 0.2) is 0 Å². The van der Waals surface area contributed by atoms with E-state index >= 15 is 0 Å². The van der Waals surface area contributed by atoms with E-state index in [2.05, 4.69) is 16.7 Å². The monoisotopic (exact) mass is 350 g/mol. The Morgan fingerprint density at radius 2 is 1.58 bits per heavy atom. The number of thiocarbonyl (C=S) groups is 1. The summed E-state index contributed by atoms with van der Waals surface area (Å²) in [7, 11) is 0. The number of thiophene rings is 1. The Balaban J connectivity index is 1.91. The normalized spacial score (nSPS) is 9.96. The first-order valence-corrected chi connectivity index (χ1v) is 8.42. The predicted molar refractivity (Wildman–Crippen MR) is 105 cm³/mol. The lowest BCUT2D eigenvalue weighted by atomic mass is 10.1. The second-order valence-electron chi connectivity index (χ2n) is 4.97. The molecule has 1 heterocycles. The molecule has 118 valence electrons. The topological polar surface area (TPSA) is 73.9 Å². The van der Waals surface area contributed by atoms with Crippen molar-refractivity contribution in [3.63, 3.8) is 0 Å². The number of nitrogens with one attached hydrogen (secondary N) is 2. The molecule has 24 heavy (non-hydrogen) atoms. The third-order valence-electron chi connectivity index (χ3n) is 3.34. The fraction of sp³-hybridized carbons (Fsp3) is 0. The molecule has 4 nitrogen and oxygen atoms in total. The summed E-state index contributed by atoms with van der Waals surface area (Å²) >= 11 is 6.77. The lowest BCUT2D eigenvalue weighted by Crippen LogP contribution is -2.12. The Kier molecular flexibility index (Phi) is 4.75. The van der Waals surface area contributed by atoms with Gasteiger partial charge in [-0.1, -0.05) is 60.0 Å². The highest BCUT2D eigenvalue weighted by atomic mass is 32.1. The molecule has 0 amide bonds. The van der Waals surface area contributed by atoms with Crippen molar-refractivity contribution in [1.29, 1.82) is 5.26 Å². The molecule has 2 aromatic carbocycles. The third kappa shape index (κ3) is 3.38. The molecule has 0 spiro atoms. The lowest BCUT2D eigenvalue weighted by Gasteiger charge is -2.08. The average Bonchev–Trinajstić information content (AvgIpc) is 2.91. The van der Waals surface area contributed by atoms with Crippen molar-refractivity contribution < 1.29 is 0 Å². The highest BCUT2D eigenvalue weighted by Crippen LogP contribution is 2.37. The number of hydrogen-bond acceptors (Lipinski definition) is 5. The molecule has 0 aliphatic heterocycles. The molecule has 0 atom stereocenters. The molecule has 1 aromatic heterocycles. The number of nitrogens with zero attached hydrogens (tertiary/aromatic N) is 1. The zero-order valence-electron chi connectivity index (χ0n) is 12.6. The van der Waals surface area contributed by atoms with Crippen molar-refractivity contribution >= 4 is 49.9 Å². The van der Waals surface area contributed by atoms with Crippen LogP contribution in [-0.2, 0) is 0 Å². The molecule has 0 saturated carbocycles. The third-order valence-corrected chi connectivity index (χ3v) is 4.58. The van der Waals surface area contributed by atoms with Crippen LogP contribution in [0.25, 0.3) is 0 Å². The number of nitriles is 1. The van der Waals surface area contributed by atoms with Crippen molar-refractivity contribution in [2.45, 2.75) is 0 Å². The van der Waals surface area contributed by atoms with Crippen molar-refractivity contribution in [1.82, 2.24) is 0 Å². The fourth-order valence-electron chi connectivity index (χ4n) is 2.24. The summed E-state index contributed by atoms with van der Waals surface area (Å²) in [5, 5.41) is 17.1. The number of nitrogen functional groups attached to an aromatic ring is 1. The average molecular weight is 350 g/mol. The smallest absolute Gasteiger partial charge is 0.115 e. The SMILES string of the molecule is N#Cc1c(Nc2ccccc2)sc(N)c1C(=S)Nc1ccccc1. The second-order valence-corrected chi connectivity index (χ2v) is 6.43. The molecule has 0 aliphatic rings. The summed E-state index contributed by atoms with van der Waals surface area (Å²) < 4.78 is 0. The highest BCUT2D eigenvalue weighted by Gasteiger charge is 2.20. The maximum atomic E-state index is 9.58. The highest BCUT2D eigenvalue weighted by molar-refractivity contribution is 7.81. The van der Waals surface area contributed by atoms with Gasteiger partial charge in [-0.2, -0.15) is 5.26 Å². The van der Waals surface area contributed by atoms with Crippen LogP contribution >= 0.6 is 23.6 Å². The summed E-state index contributed by atoms with van der Waals surface area (Å²) in [5.41, 5.74) is 8.90. The Morgan fingerprint density at radius 3 is 2.17 bits per heavy atom. The number of anilines is 4. The van der Waals surface area contributed by atoms with Crippen LogP contribution in [0.5, 0.6) is 0 Å². The van der Waals surface area contributed by atoms with Gasteiger partial charge in [0.2, 0.25) is 0 Å². The van der Waals surface area contributed by atoms with E-state index in [0.717, 1.165) is 11.4 Å². The molecule has 3 aromatic rings. The van der Waals surface area contributed by atoms with Gasteiger partial charge < -0.3 is 16.4 Å². The van der Waals surface area contributed by atoms with E-state index in [1.807, 2.05) is 60.7 Å². The van der Waals surface area contributed by atoms with E-state index in [9.17, 15) is 5.26 Å². The van der Waals surface area contributed by atoms with E-state index < -0.39 is 0 Å². The standard InChI is InChI=1S/C18H14N4S2/c19-11-14-15(17(23)21-12-7-3-1-4-8-12)16(20)24-18(14)22-13-9-5-2-6-10-13/h1-10,22H,20H2,(H,21,23).